The maximum absolute atomic E-state index is 11.8. The number of sulfonamides is 1. The minimum absolute atomic E-state index is 0.0973. The number of amides is 1. The Morgan fingerprint density at radius 2 is 1.86 bits per heavy atom. The van der Waals surface area contributed by atoms with Crippen molar-refractivity contribution in [1.82, 2.24) is 14.6 Å². The van der Waals surface area contributed by atoms with Crippen molar-refractivity contribution in [3.05, 3.63) is 30.1 Å². The fourth-order valence-corrected chi connectivity index (χ4v) is 2.42. The number of hydrogen-bond acceptors (Lipinski definition) is 4. The maximum Gasteiger partial charge on any atom is 0.225 e. The van der Waals surface area contributed by atoms with E-state index in [-0.39, 0.29) is 25.5 Å². The van der Waals surface area contributed by atoms with Crippen LogP contribution in [0.15, 0.2) is 24.5 Å². The summed E-state index contributed by atoms with van der Waals surface area (Å²) < 4.78 is 25.0. The van der Waals surface area contributed by atoms with Gasteiger partial charge in [-0.3, -0.25) is 9.78 Å². The molecule has 1 aromatic heterocycles. The number of pyridine rings is 1. The summed E-state index contributed by atoms with van der Waals surface area (Å²) in [5.74, 6) is -0.0973. The summed E-state index contributed by atoms with van der Waals surface area (Å²) in [6.45, 7) is 6.23. The van der Waals surface area contributed by atoms with Gasteiger partial charge < -0.3 is 5.32 Å². The fourth-order valence-electron chi connectivity index (χ4n) is 1.61. The van der Waals surface area contributed by atoms with E-state index in [1.807, 2.05) is 20.8 Å². The summed E-state index contributed by atoms with van der Waals surface area (Å²) in [7, 11) is -3.33. The van der Waals surface area contributed by atoms with Crippen molar-refractivity contribution in [2.45, 2.75) is 27.3 Å². The molecule has 0 aliphatic carbocycles. The van der Waals surface area contributed by atoms with E-state index in [2.05, 4.69) is 10.3 Å². The van der Waals surface area contributed by atoms with Crippen molar-refractivity contribution in [1.29, 1.82) is 0 Å². The van der Waals surface area contributed by atoms with E-state index >= 15 is 0 Å². The van der Waals surface area contributed by atoms with Gasteiger partial charge in [-0.05, 0) is 17.7 Å². The van der Waals surface area contributed by atoms with Crippen LogP contribution in [0.2, 0.25) is 0 Å². The zero-order chi connectivity index (χ0) is 16.1. The van der Waals surface area contributed by atoms with E-state index in [1.54, 1.807) is 24.5 Å². The molecule has 1 amide bonds. The highest BCUT2D eigenvalue weighted by molar-refractivity contribution is 7.88. The summed E-state index contributed by atoms with van der Waals surface area (Å²) in [5.41, 5.74) is 0.374. The second-order valence-corrected chi connectivity index (χ2v) is 7.94. The third-order valence-corrected chi connectivity index (χ3v) is 4.15. The lowest BCUT2D eigenvalue weighted by molar-refractivity contribution is -0.128. The molecule has 0 aromatic carbocycles. The van der Waals surface area contributed by atoms with Crippen LogP contribution >= 0.6 is 0 Å². The molecule has 7 heteroatoms. The van der Waals surface area contributed by atoms with Crippen LogP contribution in [-0.4, -0.2) is 43.0 Å². The predicted octanol–water partition coefficient (Wildman–Crippen LogP) is 1.01. The van der Waals surface area contributed by atoms with Crippen LogP contribution < -0.4 is 5.32 Å². The molecule has 0 aliphatic heterocycles. The second-order valence-electron chi connectivity index (χ2n) is 5.96. The molecular weight excluding hydrogens is 290 g/mol. The van der Waals surface area contributed by atoms with Gasteiger partial charge in [0, 0.05) is 37.4 Å². The van der Waals surface area contributed by atoms with Crippen LogP contribution in [0.25, 0.3) is 0 Å². The first-order valence-electron chi connectivity index (χ1n) is 6.73. The molecule has 0 unspecified atom stereocenters. The molecule has 0 atom stereocenters. The van der Waals surface area contributed by atoms with Crippen molar-refractivity contribution in [3.8, 4) is 0 Å². The minimum Gasteiger partial charge on any atom is -0.354 e. The third-order valence-electron chi connectivity index (χ3n) is 2.91. The molecule has 6 nitrogen and oxygen atoms in total. The lowest BCUT2D eigenvalue weighted by Gasteiger charge is -2.22. The van der Waals surface area contributed by atoms with Crippen molar-refractivity contribution < 1.29 is 13.2 Å². The molecule has 21 heavy (non-hydrogen) atoms. The molecule has 118 valence electrons. The smallest absolute Gasteiger partial charge is 0.225 e. The van der Waals surface area contributed by atoms with Gasteiger partial charge in [0.05, 0.1) is 6.26 Å². The average Bonchev–Trinajstić information content (AvgIpc) is 2.36. The van der Waals surface area contributed by atoms with E-state index in [4.69, 9.17) is 0 Å². The number of nitrogens with one attached hydrogen (secondary N) is 1. The normalized spacial score (nSPS) is 12.4. The van der Waals surface area contributed by atoms with E-state index in [0.717, 1.165) is 5.56 Å². The molecule has 1 heterocycles. The van der Waals surface area contributed by atoms with Gasteiger partial charge in [0.25, 0.3) is 0 Å². The van der Waals surface area contributed by atoms with Gasteiger partial charge >= 0.3 is 0 Å². The Morgan fingerprint density at radius 3 is 2.33 bits per heavy atom. The zero-order valence-corrected chi connectivity index (χ0v) is 13.8. The van der Waals surface area contributed by atoms with Gasteiger partial charge in [0.15, 0.2) is 0 Å². The summed E-state index contributed by atoms with van der Waals surface area (Å²) in [6, 6.07) is 3.54. The lowest BCUT2D eigenvalue weighted by atomic mass is 9.96. The Kier molecular flexibility index (Phi) is 5.86. The van der Waals surface area contributed by atoms with Crippen LogP contribution in [0.4, 0.5) is 0 Å². The molecule has 1 N–H and O–H groups in total. The standard InChI is InChI=1S/C14H23N3O3S/c1-14(2,3)13(18)16-9-10-17(21(4,19)20)11-12-5-7-15-8-6-12/h5-8H,9-11H2,1-4H3,(H,16,18). The van der Waals surface area contributed by atoms with E-state index in [9.17, 15) is 13.2 Å². The minimum atomic E-state index is -3.33. The van der Waals surface area contributed by atoms with E-state index < -0.39 is 15.4 Å². The molecule has 0 fully saturated rings. The Balaban J connectivity index is 2.63. The summed E-state index contributed by atoms with van der Waals surface area (Å²) in [5, 5.41) is 2.75. The average molecular weight is 313 g/mol. The van der Waals surface area contributed by atoms with E-state index in [0.29, 0.717) is 0 Å². The van der Waals surface area contributed by atoms with Crippen LogP contribution in [0.1, 0.15) is 26.3 Å². The Morgan fingerprint density at radius 1 is 1.29 bits per heavy atom. The number of carbonyl (C=O) groups excluding carboxylic acids is 1. The molecule has 0 radical (unpaired) electrons. The number of carbonyl (C=O) groups is 1. The van der Waals surface area contributed by atoms with Crippen LogP contribution in [0, 0.1) is 5.41 Å². The van der Waals surface area contributed by atoms with Crippen molar-refractivity contribution in [3.63, 3.8) is 0 Å². The zero-order valence-electron chi connectivity index (χ0n) is 13.0. The van der Waals surface area contributed by atoms with Gasteiger partial charge in [-0.2, -0.15) is 4.31 Å². The molecule has 1 aromatic rings. The van der Waals surface area contributed by atoms with Gasteiger partial charge in [-0.1, -0.05) is 20.8 Å². The quantitative estimate of drug-likeness (QED) is 0.850. The van der Waals surface area contributed by atoms with E-state index in [1.165, 1.54) is 10.6 Å². The predicted molar refractivity (Wildman–Crippen MR) is 82.0 cm³/mol. The monoisotopic (exact) mass is 313 g/mol. The number of nitrogens with zero attached hydrogens (tertiary/aromatic N) is 2. The molecule has 0 bridgehead atoms. The Hall–Kier alpha value is -1.47. The van der Waals surface area contributed by atoms with Crippen LogP contribution in [0.5, 0.6) is 0 Å². The number of aromatic nitrogens is 1. The van der Waals surface area contributed by atoms with Crippen molar-refractivity contribution in [2.75, 3.05) is 19.3 Å². The number of hydrogen-bond donors (Lipinski definition) is 1. The SMILES string of the molecule is CC(C)(C)C(=O)NCCN(Cc1ccncc1)S(C)(=O)=O. The molecule has 0 aliphatic rings. The molecular formula is C14H23N3O3S. The third kappa shape index (κ3) is 6.22. The van der Waals surface area contributed by atoms with Gasteiger partial charge in [0.2, 0.25) is 15.9 Å². The molecule has 0 spiro atoms. The summed E-state index contributed by atoms with van der Waals surface area (Å²) in [4.78, 5) is 15.7. The first-order chi connectivity index (χ1) is 9.60. The van der Waals surface area contributed by atoms with Gasteiger partial charge in [0.1, 0.15) is 0 Å². The van der Waals surface area contributed by atoms with Crippen LogP contribution in [0.3, 0.4) is 0 Å². The lowest BCUT2D eigenvalue weighted by Crippen LogP contribution is -2.41. The Labute approximate surface area is 126 Å². The summed E-state index contributed by atoms with van der Waals surface area (Å²) >= 11 is 0. The summed E-state index contributed by atoms with van der Waals surface area (Å²) in [6.07, 6.45) is 4.41. The Bertz CT molecular complexity index is 565. The first-order valence-corrected chi connectivity index (χ1v) is 8.58. The molecule has 1 rings (SSSR count). The second kappa shape index (κ2) is 7.00. The largest absolute Gasteiger partial charge is 0.354 e. The van der Waals surface area contributed by atoms with Crippen LogP contribution in [-0.2, 0) is 21.4 Å². The van der Waals surface area contributed by atoms with Gasteiger partial charge in [-0.15, -0.1) is 0 Å². The number of rotatable bonds is 6. The topological polar surface area (TPSA) is 79.4 Å². The van der Waals surface area contributed by atoms with Crippen molar-refractivity contribution >= 4 is 15.9 Å². The highest BCUT2D eigenvalue weighted by Gasteiger charge is 2.22. The highest BCUT2D eigenvalue weighted by Crippen LogP contribution is 2.12. The molecule has 0 saturated heterocycles. The molecule has 0 saturated carbocycles. The first kappa shape index (κ1) is 17.6. The fraction of sp³-hybridized carbons (Fsp3) is 0.571. The maximum atomic E-state index is 11.8. The van der Waals surface area contributed by atoms with Gasteiger partial charge in [-0.25, -0.2) is 8.42 Å². The highest BCUT2D eigenvalue weighted by atomic mass is 32.2. The van der Waals surface area contributed by atoms with Crippen molar-refractivity contribution in [2.24, 2.45) is 5.41 Å².